The molecule has 0 radical (unpaired) electrons. The lowest BCUT2D eigenvalue weighted by Gasteiger charge is -2.36. The first-order valence-corrected chi connectivity index (χ1v) is 19.4. The number of alkyl halides is 3. The van der Waals surface area contributed by atoms with Crippen LogP contribution in [0.3, 0.4) is 0 Å². The maximum absolute atomic E-state index is 14.4. The smallest absolute Gasteiger partial charge is 0.416 e. The average molecular weight is 830 g/mol. The molecule has 14 nitrogen and oxygen atoms in total. The summed E-state index contributed by atoms with van der Waals surface area (Å²) in [5.74, 6) is -0.111. The van der Waals surface area contributed by atoms with Gasteiger partial charge in [-0.1, -0.05) is 54.9 Å². The van der Waals surface area contributed by atoms with Crippen LogP contribution < -0.4 is 20.5 Å². The van der Waals surface area contributed by atoms with E-state index >= 15 is 0 Å². The van der Waals surface area contributed by atoms with E-state index in [1.165, 1.54) is 4.52 Å². The Hall–Kier alpha value is -6.20. The normalized spacial score (nSPS) is 14.8. The van der Waals surface area contributed by atoms with Gasteiger partial charge < -0.3 is 33.7 Å². The van der Waals surface area contributed by atoms with E-state index < -0.39 is 23.2 Å². The molecule has 2 aliphatic rings. The highest BCUT2D eigenvalue weighted by atomic mass is 35.5. The molecule has 2 aliphatic heterocycles. The first-order chi connectivity index (χ1) is 28.4. The summed E-state index contributed by atoms with van der Waals surface area (Å²) < 4.78 is 56.3. The van der Waals surface area contributed by atoms with Crippen molar-refractivity contribution < 1.29 is 32.2 Å². The van der Waals surface area contributed by atoms with Gasteiger partial charge in [-0.15, -0.1) is 5.10 Å². The van der Waals surface area contributed by atoms with Gasteiger partial charge in [0.1, 0.15) is 18.8 Å². The van der Waals surface area contributed by atoms with Gasteiger partial charge in [-0.3, -0.25) is 14.4 Å². The Labute approximate surface area is 340 Å². The summed E-state index contributed by atoms with van der Waals surface area (Å²) in [6, 6.07) is 14.2. The van der Waals surface area contributed by atoms with E-state index in [1.807, 2.05) is 72.1 Å². The number of anilines is 2. The minimum atomic E-state index is -4.61. The van der Waals surface area contributed by atoms with Crippen molar-refractivity contribution in [2.75, 3.05) is 49.6 Å². The highest BCUT2D eigenvalue weighted by Gasteiger charge is 2.33. The standard InChI is InChI=1S/C41H39ClF3N9O5/c1-3-31-35(51-15-17-52(18-16-51)38(56)34-36(59-24-25-7-5-4-6-8-25)28-11-14-50(2)32(28)22-46-34)39(57)54-40(48-37(49-54)26-12-19-58-20-13-26)53(31)23-33(55)47-30-10-9-27(21-29(30)42)41(43,44)45/h4-12,14,21-22H,3,13,15-20,23-24H2,1-2H3,(H,47,55). The second-order valence-electron chi connectivity index (χ2n) is 14.2. The lowest BCUT2D eigenvalue weighted by Crippen LogP contribution is -2.51. The van der Waals surface area contributed by atoms with E-state index in [4.69, 9.17) is 26.1 Å². The van der Waals surface area contributed by atoms with E-state index in [-0.39, 0.29) is 67.4 Å². The number of aryl methyl sites for hydroxylation is 1. The zero-order valence-electron chi connectivity index (χ0n) is 32.1. The second kappa shape index (κ2) is 16.2. The number of halogens is 4. The molecule has 6 aromatic rings. The van der Waals surface area contributed by atoms with Crippen molar-refractivity contribution in [2.45, 2.75) is 39.1 Å². The van der Waals surface area contributed by atoms with Crippen LogP contribution in [0.5, 0.6) is 5.75 Å². The van der Waals surface area contributed by atoms with Crippen LogP contribution in [-0.2, 0) is 42.3 Å². The molecular weight excluding hydrogens is 791 g/mol. The van der Waals surface area contributed by atoms with Crippen LogP contribution in [0.2, 0.25) is 5.02 Å². The SMILES string of the molecule is CCc1c(N2CCN(C(=O)c3ncc4c(ccn4C)c3OCc3ccccc3)CC2)c(=O)n2nc(C3=CCOCC3)nc2n1CC(=O)Nc1ccc(C(F)(F)F)cc1Cl. The molecule has 0 bridgehead atoms. The van der Waals surface area contributed by atoms with E-state index in [2.05, 4.69) is 15.4 Å². The Morgan fingerprint density at radius 2 is 1.83 bits per heavy atom. The predicted molar refractivity (Wildman–Crippen MR) is 215 cm³/mol. The Morgan fingerprint density at radius 3 is 2.53 bits per heavy atom. The first-order valence-electron chi connectivity index (χ1n) is 19.0. The molecule has 8 rings (SSSR count). The number of aromatic nitrogens is 6. The highest BCUT2D eigenvalue weighted by molar-refractivity contribution is 6.33. The van der Waals surface area contributed by atoms with Crippen LogP contribution >= 0.6 is 11.6 Å². The van der Waals surface area contributed by atoms with Gasteiger partial charge in [-0.05, 0) is 48.2 Å². The van der Waals surface area contributed by atoms with Crippen LogP contribution in [0.25, 0.3) is 22.3 Å². The summed E-state index contributed by atoms with van der Waals surface area (Å²) in [7, 11) is 1.89. The van der Waals surface area contributed by atoms with Gasteiger partial charge in [0.25, 0.3) is 11.5 Å². The van der Waals surface area contributed by atoms with Gasteiger partial charge in [-0.25, -0.2) is 4.98 Å². The number of benzene rings is 2. The quantitative estimate of drug-likeness (QED) is 0.176. The molecule has 306 valence electrons. The summed E-state index contributed by atoms with van der Waals surface area (Å²) in [4.78, 5) is 55.1. The fourth-order valence-electron chi connectivity index (χ4n) is 7.44. The number of piperazine rings is 1. The molecule has 1 fully saturated rings. The van der Waals surface area contributed by atoms with Gasteiger partial charge in [0.15, 0.2) is 17.3 Å². The maximum Gasteiger partial charge on any atom is 0.416 e. The molecule has 2 aromatic carbocycles. The number of rotatable bonds is 10. The lowest BCUT2D eigenvalue weighted by atomic mass is 10.1. The molecule has 0 aliphatic carbocycles. The lowest BCUT2D eigenvalue weighted by molar-refractivity contribution is -0.137. The third-order valence-corrected chi connectivity index (χ3v) is 10.8. The second-order valence-corrected chi connectivity index (χ2v) is 14.6. The van der Waals surface area contributed by atoms with E-state index in [9.17, 15) is 27.6 Å². The Morgan fingerprint density at radius 1 is 1.05 bits per heavy atom. The minimum absolute atomic E-state index is 0.00941. The highest BCUT2D eigenvalue weighted by Crippen LogP contribution is 2.35. The fraction of sp³-hybridized carbons (Fsp3) is 0.317. The van der Waals surface area contributed by atoms with Crippen molar-refractivity contribution in [3.05, 3.63) is 117 Å². The zero-order chi connectivity index (χ0) is 41.4. The van der Waals surface area contributed by atoms with Gasteiger partial charge in [0.05, 0.1) is 46.9 Å². The number of hydrogen-bond acceptors (Lipinski definition) is 9. The molecule has 6 heterocycles. The number of ether oxygens (including phenoxy) is 2. The third-order valence-electron chi connectivity index (χ3n) is 10.5. The van der Waals surface area contributed by atoms with Crippen molar-refractivity contribution in [3.63, 3.8) is 0 Å². The molecule has 18 heteroatoms. The molecule has 1 saturated heterocycles. The number of nitrogens with zero attached hydrogens (tertiary/aromatic N) is 8. The molecule has 0 saturated carbocycles. The molecule has 2 amide bonds. The average Bonchev–Trinajstić information content (AvgIpc) is 3.86. The van der Waals surface area contributed by atoms with Crippen molar-refractivity contribution in [3.8, 4) is 5.75 Å². The molecule has 0 unspecified atom stereocenters. The van der Waals surface area contributed by atoms with Gasteiger partial charge in [-0.2, -0.15) is 22.7 Å². The summed E-state index contributed by atoms with van der Waals surface area (Å²) in [5, 5.41) is 7.68. The summed E-state index contributed by atoms with van der Waals surface area (Å²) in [5.41, 5.74) is 2.09. The summed E-state index contributed by atoms with van der Waals surface area (Å²) in [6.07, 6.45) is 1.59. The first kappa shape index (κ1) is 39.6. The monoisotopic (exact) mass is 829 g/mol. The minimum Gasteiger partial charge on any atom is -0.486 e. The van der Waals surface area contributed by atoms with E-state index in [0.717, 1.165) is 40.2 Å². The van der Waals surface area contributed by atoms with Gasteiger partial charge in [0.2, 0.25) is 11.7 Å². The number of fused-ring (bicyclic) bond motifs is 2. The number of carbonyl (C=O) groups is 2. The maximum atomic E-state index is 14.4. The molecule has 0 atom stereocenters. The third kappa shape index (κ3) is 7.87. The number of carbonyl (C=O) groups excluding carboxylic acids is 2. The topological polar surface area (TPSA) is 141 Å². The van der Waals surface area contributed by atoms with Crippen LogP contribution in [0, 0.1) is 0 Å². The molecular formula is C41H39ClF3N9O5. The van der Waals surface area contributed by atoms with Crippen molar-refractivity contribution in [1.29, 1.82) is 0 Å². The van der Waals surface area contributed by atoms with Crippen molar-refractivity contribution >= 4 is 57.0 Å². The van der Waals surface area contributed by atoms with Crippen LogP contribution in [-0.4, -0.2) is 84.8 Å². The van der Waals surface area contributed by atoms with Gasteiger partial charge in [0, 0.05) is 44.8 Å². The number of hydrogen-bond donors (Lipinski definition) is 1. The number of nitrogens with one attached hydrogen (secondary N) is 1. The number of amides is 2. The molecule has 59 heavy (non-hydrogen) atoms. The zero-order valence-corrected chi connectivity index (χ0v) is 32.9. The Kier molecular flexibility index (Phi) is 10.9. The number of pyridine rings is 1. The summed E-state index contributed by atoms with van der Waals surface area (Å²) in [6.45, 7) is 3.55. The van der Waals surface area contributed by atoms with Crippen LogP contribution in [0.1, 0.15) is 46.5 Å². The van der Waals surface area contributed by atoms with E-state index in [1.54, 1.807) is 15.7 Å². The van der Waals surface area contributed by atoms with Gasteiger partial charge >= 0.3 is 6.18 Å². The largest absolute Gasteiger partial charge is 0.486 e. The van der Waals surface area contributed by atoms with Crippen LogP contribution in [0.4, 0.5) is 24.5 Å². The predicted octanol–water partition coefficient (Wildman–Crippen LogP) is 6.00. The van der Waals surface area contributed by atoms with E-state index in [0.29, 0.717) is 49.0 Å². The molecule has 4 aromatic heterocycles. The van der Waals surface area contributed by atoms with Crippen molar-refractivity contribution in [2.24, 2.45) is 7.05 Å². The molecule has 0 spiro atoms. The van der Waals surface area contributed by atoms with Crippen LogP contribution in [0.15, 0.2) is 77.9 Å². The summed E-state index contributed by atoms with van der Waals surface area (Å²) >= 11 is 6.17. The fourth-order valence-corrected chi connectivity index (χ4v) is 7.67. The van der Waals surface area contributed by atoms with Crippen molar-refractivity contribution in [1.82, 2.24) is 33.6 Å². The molecule has 1 N–H and O–H groups in total. The Balaban J connectivity index is 1.09. The Bertz CT molecular complexity index is 2670.